The van der Waals surface area contributed by atoms with Gasteiger partial charge >= 0.3 is 0 Å². The fourth-order valence-corrected chi connectivity index (χ4v) is 2.25. The maximum atomic E-state index is 11.5. The van der Waals surface area contributed by atoms with Crippen LogP contribution in [0.3, 0.4) is 0 Å². The molecule has 1 rings (SSSR count). The molecule has 0 saturated carbocycles. The van der Waals surface area contributed by atoms with Crippen molar-refractivity contribution in [2.24, 2.45) is 0 Å². The first-order valence-electron chi connectivity index (χ1n) is 5.31. The molecule has 1 aromatic carbocycles. The first-order valence-corrected chi connectivity index (χ1v) is 6.85. The first-order chi connectivity index (χ1) is 7.93. The number of hydrogen-bond acceptors (Lipinski definition) is 3. The number of aryl methyl sites for hydroxylation is 1. The van der Waals surface area contributed by atoms with E-state index in [-0.39, 0.29) is 6.61 Å². The monoisotopic (exact) mass is 255 g/mol. The third-order valence-corrected chi connectivity index (χ3v) is 3.38. The van der Waals surface area contributed by atoms with Gasteiger partial charge < -0.3 is 5.11 Å². The molecule has 0 saturated heterocycles. The van der Waals surface area contributed by atoms with E-state index < -0.39 is 16.1 Å². The summed E-state index contributed by atoms with van der Waals surface area (Å²) >= 11 is 0. The molecular weight excluding hydrogens is 238 g/mol. The van der Waals surface area contributed by atoms with E-state index in [1.807, 2.05) is 31.2 Å². The molecule has 0 heterocycles. The van der Waals surface area contributed by atoms with E-state index in [9.17, 15) is 8.42 Å². The molecule has 0 fully saturated rings. The second-order valence-corrected chi connectivity index (χ2v) is 5.56. The average molecular weight is 255 g/mol. The summed E-state index contributed by atoms with van der Waals surface area (Å²) in [7, 11) is -3.49. The fourth-order valence-electron chi connectivity index (χ4n) is 1.20. The Bertz CT molecular complexity index is 477. The number of sulfonamides is 1. The van der Waals surface area contributed by atoms with Gasteiger partial charge in [0.1, 0.15) is 0 Å². The lowest BCUT2D eigenvalue weighted by molar-refractivity contribution is 0.265. The Balaban J connectivity index is 2.73. The van der Waals surface area contributed by atoms with Crippen LogP contribution in [0.2, 0.25) is 0 Å². The molecule has 17 heavy (non-hydrogen) atoms. The number of aliphatic hydroxyl groups is 1. The van der Waals surface area contributed by atoms with Gasteiger partial charge in [0.2, 0.25) is 10.0 Å². The molecule has 2 N–H and O–H groups in total. The van der Waals surface area contributed by atoms with Gasteiger partial charge in [-0.15, -0.1) is 0 Å². The quantitative estimate of drug-likeness (QED) is 0.832. The highest BCUT2D eigenvalue weighted by molar-refractivity contribution is 7.92. The summed E-state index contributed by atoms with van der Waals surface area (Å²) in [5.74, 6) is 0. The third kappa shape index (κ3) is 5.12. The van der Waals surface area contributed by atoms with Crippen molar-refractivity contribution < 1.29 is 13.5 Å². The van der Waals surface area contributed by atoms with Crippen molar-refractivity contribution >= 4 is 16.1 Å². The van der Waals surface area contributed by atoms with E-state index in [0.717, 1.165) is 16.5 Å². The number of aliphatic hydroxyl groups excluding tert-OH is 1. The Hall–Kier alpha value is -1.17. The molecule has 0 bridgehead atoms. The van der Waals surface area contributed by atoms with E-state index >= 15 is 0 Å². The van der Waals surface area contributed by atoms with E-state index in [1.165, 1.54) is 6.08 Å². The number of benzene rings is 1. The van der Waals surface area contributed by atoms with Gasteiger partial charge in [0.25, 0.3) is 0 Å². The number of nitrogens with one attached hydrogen (secondary N) is 1. The summed E-state index contributed by atoms with van der Waals surface area (Å²) in [6, 6.07) is 7.03. The molecule has 0 spiro atoms. The highest BCUT2D eigenvalue weighted by Gasteiger charge is 2.09. The minimum Gasteiger partial charge on any atom is -0.395 e. The molecule has 0 radical (unpaired) electrons. The molecule has 0 amide bonds. The largest absolute Gasteiger partial charge is 0.395 e. The zero-order valence-corrected chi connectivity index (χ0v) is 10.7. The van der Waals surface area contributed by atoms with Crippen LogP contribution in [0, 0.1) is 6.92 Å². The topological polar surface area (TPSA) is 66.4 Å². The van der Waals surface area contributed by atoms with Gasteiger partial charge in [-0.1, -0.05) is 29.8 Å². The van der Waals surface area contributed by atoms with Gasteiger partial charge in [-0.05, 0) is 25.5 Å². The molecular formula is C12H17NO3S. The minimum atomic E-state index is -3.49. The maximum absolute atomic E-state index is 11.5. The van der Waals surface area contributed by atoms with Crippen LogP contribution < -0.4 is 4.72 Å². The Morgan fingerprint density at radius 1 is 1.35 bits per heavy atom. The molecule has 1 aromatic rings. The number of hydrogen-bond donors (Lipinski definition) is 2. The van der Waals surface area contributed by atoms with Crippen LogP contribution in [0.15, 0.2) is 29.7 Å². The normalized spacial score (nSPS) is 14.1. The van der Waals surface area contributed by atoms with E-state index in [0.29, 0.717) is 0 Å². The third-order valence-electron chi connectivity index (χ3n) is 2.16. The van der Waals surface area contributed by atoms with E-state index in [1.54, 1.807) is 6.92 Å². The summed E-state index contributed by atoms with van der Waals surface area (Å²) in [5, 5.41) is 9.86. The Morgan fingerprint density at radius 2 is 1.94 bits per heavy atom. The maximum Gasteiger partial charge on any atom is 0.234 e. The molecule has 94 valence electrons. The van der Waals surface area contributed by atoms with Crippen LogP contribution in [-0.2, 0) is 10.0 Å². The Morgan fingerprint density at radius 3 is 2.47 bits per heavy atom. The lowest BCUT2D eigenvalue weighted by Crippen LogP contribution is -2.33. The summed E-state index contributed by atoms with van der Waals surface area (Å²) in [4.78, 5) is 0. The van der Waals surface area contributed by atoms with Crippen molar-refractivity contribution in [2.75, 3.05) is 6.61 Å². The summed E-state index contributed by atoms with van der Waals surface area (Å²) in [6.45, 7) is 3.34. The summed E-state index contributed by atoms with van der Waals surface area (Å²) < 4.78 is 25.4. The Kier molecular flexibility index (Phi) is 4.86. The molecule has 0 aliphatic rings. The van der Waals surface area contributed by atoms with Crippen molar-refractivity contribution in [3.05, 3.63) is 40.8 Å². The molecule has 0 aromatic heterocycles. The van der Waals surface area contributed by atoms with Crippen molar-refractivity contribution in [1.82, 2.24) is 4.72 Å². The van der Waals surface area contributed by atoms with Gasteiger partial charge in [0, 0.05) is 11.4 Å². The standard InChI is InChI=1S/C12H17NO3S/c1-10-3-5-12(6-4-10)7-8-17(15,16)13-11(2)9-14/h3-8,11,13-14H,9H2,1-2H3/b8-7+/t11-/m1/s1. The molecule has 0 aliphatic heterocycles. The van der Waals surface area contributed by atoms with Gasteiger partial charge in [-0.2, -0.15) is 0 Å². The van der Waals surface area contributed by atoms with Crippen molar-refractivity contribution in [1.29, 1.82) is 0 Å². The lowest BCUT2D eigenvalue weighted by Gasteiger charge is -2.07. The second-order valence-electron chi connectivity index (χ2n) is 3.96. The lowest BCUT2D eigenvalue weighted by atomic mass is 10.2. The van der Waals surface area contributed by atoms with Gasteiger partial charge in [0.15, 0.2) is 0 Å². The number of rotatable bonds is 5. The molecule has 0 aliphatic carbocycles. The SMILES string of the molecule is Cc1ccc(/C=C/S(=O)(=O)N[C@H](C)CO)cc1. The highest BCUT2D eigenvalue weighted by atomic mass is 32.2. The van der Waals surface area contributed by atoms with Crippen molar-refractivity contribution in [3.8, 4) is 0 Å². The average Bonchev–Trinajstić information content (AvgIpc) is 2.28. The second kappa shape index (κ2) is 5.95. The van der Waals surface area contributed by atoms with Crippen LogP contribution >= 0.6 is 0 Å². The predicted octanol–water partition coefficient (Wildman–Crippen LogP) is 1.27. The zero-order chi connectivity index (χ0) is 12.9. The fraction of sp³-hybridized carbons (Fsp3) is 0.333. The van der Waals surface area contributed by atoms with Crippen LogP contribution in [-0.4, -0.2) is 26.2 Å². The summed E-state index contributed by atoms with van der Waals surface area (Å²) in [5.41, 5.74) is 1.94. The molecule has 4 nitrogen and oxygen atoms in total. The van der Waals surface area contributed by atoms with Crippen LogP contribution in [0.1, 0.15) is 18.1 Å². The minimum absolute atomic E-state index is 0.225. The molecule has 5 heteroatoms. The summed E-state index contributed by atoms with van der Waals surface area (Å²) in [6.07, 6.45) is 1.52. The van der Waals surface area contributed by atoms with Gasteiger partial charge in [-0.25, -0.2) is 13.1 Å². The first kappa shape index (κ1) is 13.9. The molecule has 1 atom stereocenters. The van der Waals surface area contributed by atoms with Crippen LogP contribution in [0.4, 0.5) is 0 Å². The molecule has 0 unspecified atom stereocenters. The van der Waals surface area contributed by atoms with E-state index in [4.69, 9.17) is 5.11 Å². The van der Waals surface area contributed by atoms with Gasteiger partial charge in [-0.3, -0.25) is 0 Å². The van der Waals surface area contributed by atoms with Crippen molar-refractivity contribution in [2.45, 2.75) is 19.9 Å². The van der Waals surface area contributed by atoms with E-state index in [2.05, 4.69) is 4.72 Å². The smallest absolute Gasteiger partial charge is 0.234 e. The van der Waals surface area contributed by atoms with Crippen molar-refractivity contribution in [3.63, 3.8) is 0 Å². The highest BCUT2D eigenvalue weighted by Crippen LogP contribution is 2.06. The van der Waals surface area contributed by atoms with Crippen LogP contribution in [0.25, 0.3) is 6.08 Å². The zero-order valence-electron chi connectivity index (χ0n) is 9.92. The van der Waals surface area contributed by atoms with Crippen LogP contribution in [0.5, 0.6) is 0 Å². The van der Waals surface area contributed by atoms with Gasteiger partial charge in [0.05, 0.1) is 6.61 Å². The Labute approximate surface area is 102 Å². The predicted molar refractivity (Wildman–Crippen MR) is 68.8 cm³/mol.